The highest BCUT2D eigenvalue weighted by atomic mass is 35.5. The molecular formula is C9H8ClFO2. The average molecular weight is 203 g/mol. The fourth-order valence-electron chi connectivity index (χ4n) is 1.09. The van der Waals surface area contributed by atoms with Crippen LogP contribution < -0.4 is 0 Å². The Labute approximate surface area is 80.0 Å². The van der Waals surface area contributed by atoms with Crippen molar-refractivity contribution in [3.63, 3.8) is 0 Å². The Kier molecular flexibility index (Phi) is 2.88. The van der Waals surface area contributed by atoms with Gasteiger partial charge in [-0.05, 0) is 30.2 Å². The summed E-state index contributed by atoms with van der Waals surface area (Å²) in [6.07, 6.45) is -0.253. The van der Waals surface area contributed by atoms with Crippen molar-refractivity contribution in [1.82, 2.24) is 0 Å². The molecule has 4 heteroatoms. The Morgan fingerprint density at radius 3 is 2.77 bits per heavy atom. The molecule has 70 valence electrons. The van der Waals surface area contributed by atoms with Crippen LogP contribution in [0.3, 0.4) is 0 Å². The predicted octanol–water partition coefficient (Wildman–Crippen LogP) is 2.41. The summed E-state index contributed by atoms with van der Waals surface area (Å²) in [5.74, 6) is -1.48. The minimum absolute atomic E-state index is 0.253. The van der Waals surface area contributed by atoms with Gasteiger partial charge in [-0.15, -0.1) is 0 Å². The van der Waals surface area contributed by atoms with Gasteiger partial charge in [0.1, 0.15) is 5.82 Å². The van der Waals surface area contributed by atoms with Crippen molar-refractivity contribution in [2.75, 3.05) is 0 Å². The average Bonchev–Trinajstić information content (AvgIpc) is 1.98. The van der Waals surface area contributed by atoms with Gasteiger partial charge in [0.2, 0.25) is 0 Å². The molecule has 0 saturated heterocycles. The number of halogens is 2. The summed E-state index contributed by atoms with van der Waals surface area (Å²) in [6.45, 7) is 1.64. The maximum atomic E-state index is 12.8. The topological polar surface area (TPSA) is 37.3 Å². The van der Waals surface area contributed by atoms with E-state index in [-0.39, 0.29) is 6.42 Å². The van der Waals surface area contributed by atoms with Crippen molar-refractivity contribution in [2.24, 2.45) is 0 Å². The molecule has 0 aliphatic rings. The second-order valence-corrected chi connectivity index (χ2v) is 3.14. The van der Waals surface area contributed by atoms with Gasteiger partial charge in [0.05, 0.1) is 6.42 Å². The summed E-state index contributed by atoms with van der Waals surface area (Å²) in [6, 6.07) is 2.41. The first-order valence-corrected chi connectivity index (χ1v) is 4.05. The van der Waals surface area contributed by atoms with Crippen molar-refractivity contribution < 1.29 is 14.3 Å². The van der Waals surface area contributed by atoms with E-state index in [4.69, 9.17) is 16.7 Å². The van der Waals surface area contributed by atoms with Crippen LogP contribution in [0.25, 0.3) is 0 Å². The monoisotopic (exact) mass is 202 g/mol. The highest BCUT2D eigenvalue weighted by molar-refractivity contribution is 6.32. The van der Waals surface area contributed by atoms with Crippen LogP contribution in [0.5, 0.6) is 0 Å². The molecule has 0 heterocycles. The van der Waals surface area contributed by atoms with Gasteiger partial charge in [0, 0.05) is 5.02 Å². The Hall–Kier alpha value is -1.09. The van der Waals surface area contributed by atoms with Gasteiger partial charge < -0.3 is 5.11 Å². The van der Waals surface area contributed by atoms with E-state index in [2.05, 4.69) is 0 Å². The number of carboxylic acid groups (broad SMARTS) is 1. The lowest BCUT2D eigenvalue weighted by molar-refractivity contribution is -0.136. The van der Waals surface area contributed by atoms with Crippen molar-refractivity contribution >= 4 is 17.6 Å². The predicted molar refractivity (Wildman–Crippen MR) is 47.5 cm³/mol. The molecule has 1 N–H and O–H groups in total. The van der Waals surface area contributed by atoms with Crippen LogP contribution in [0.1, 0.15) is 11.1 Å². The first kappa shape index (κ1) is 9.99. The highest BCUT2D eigenvalue weighted by Gasteiger charge is 2.09. The van der Waals surface area contributed by atoms with Crippen LogP contribution in [0.2, 0.25) is 5.02 Å². The van der Waals surface area contributed by atoms with E-state index in [9.17, 15) is 9.18 Å². The van der Waals surface area contributed by atoms with Gasteiger partial charge in [0.15, 0.2) is 0 Å². The summed E-state index contributed by atoms with van der Waals surface area (Å²) in [4.78, 5) is 10.4. The maximum Gasteiger partial charge on any atom is 0.307 e. The van der Waals surface area contributed by atoms with Gasteiger partial charge in [-0.3, -0.25) is 4.79 Å². The fourth-order valence-corrected chi connectivity index (χ4v) is 1.26. The van der Waals surface area contributed by atoms with Gasteiger partial charge in [-0.2, -0.15) is 0 Å². The molecule has 0 radical (unpaired) electrons. The third-order valence-corrected chi connectivity index (χ3v) is 2.18. The number of hydrogen-bond acceptors (Lipinski definition) is 1. The van der Waals surface area contributed by atoms with E-state index in [0.717, 1.165) is 6.07 Å². The first-order valence-electron chi connectivity index (χ1n) is 3.67. The number of rotatable bonds is 2. The number of aliphatic carboxylic acids is 1. The number of hydrogen-bond donors (Lipinski definition) is 1. The molecule has 1 rings (SSSR count). The van der Waals surface area contributed by atoms with Crippen molar-refractivity contribution in [2.45, 2.75) is 13.3 Å². The quantitative estimate of drug-likeness (QED) is 0.800. The second-order valence-electron chi connectivity index (χ2n) is 2.77. The molecule has 0 atom stereocenters. The highest BCUT2D eigenvalue weighted by Crippen LogP contribution is 2.22. The maximum absolute atomic E-state index is 12.8. The molecule has 2 nitrogen and oxygen atoms in total. The molecule has 0 bridgehead atoms. The minimum atomic E-state index is -1.02. The van der Waals surface area contributed by atoms with Crippen LogP contribution in [0.4, 0.5) is 4.39 Å². The second kappa shape index (κ2) is 3.75. The number of carbonyl (C=O) groups is 1. The summed E-state index contributed by atoms with van der Waals surface area (Å²) in [7, 11) is 0. The van der Waals surface area contributed by atoms with E-state index in [1.165, 1.54) is 6.07 Å². The number of benzene rings is 1. The van der Waals surface area contributed by atoms with Crippen molar-refractivity contribution in [3.05, 3.63) is 34.1 Å². The SMILES string of the molecule is Cc1cc(F)cc(CC(=O)O)c1Cl. The summed E-state index contributed by atoms with van der Waals surface area (Å²) in [5, 5.41) is 8.82. The van der Waals surface area contributed by atoms with E-state index < -0.39 is 11.8 Å². The molecular weight excluding hydrogens is 195 g/mol. The Balaban J connectivity index is 3.12. The fraction of sp³-hybridized carbons (Fsp3) is 0.222. The van der Waals surface area contributed by atoms with Crippen LogP contribution in [0, 0.1) is 12.7 Å². The molecule has 13 heavy (non-hydrogen) atoms. The van der Waals surface area contributed by atoms with E-state index in [1.807, 2.05) is 0 Å². The third-order valence-electron chi connectivity index (χ3n) is 1.64. The number of aryl methyl sites for hydroxylation is 1. The zero-order valence-electron chi connectivity index (χ0n) is 6.97. The van der Waals surface area contributed by atoms with Gasteiger partial charge in [0.25, 0.3) is 0 Å². The van der Waals surface area contributed by atoms with Crippen LogP contribution in [-0.4, -0.2) is 11.1 Å². The molecule has 0 aromatic heterocycles. The van der Waals surface area contributed by atoms with Crippen molar-refractivity contribution in [1.29, 1.82) is 0 Å². The third kappa shape index (κ3) is 2.42. The normalized spacial score (nSPS) is 10.1. The van der Waals surface area contributed by atoms with Crippen LogP contribution in [0.15, 0.2) is 12.1 Å². The smallest absolute Gasteiger partial charge is 0.307 e. The minimum Gasteiger partial charge on any atom is -0.481 e. The molecule has 0 unspecified atom stereocenters. The lowest BCUT2D eigenvalue weighted by Crippen LogP contribution is -2.02. The summed E-state index contributed by atoms with van der Waals surface area (Å²) >= 11 is 5.78. The Bertz CT molecular complexity index is 350. The molecule has 0 aliphatic carbocycles. The Morgan fingerprint density at radius 2 is 2.23 bits per heavy atom. The van der Waals surface area contributed by atoms with Crippen LogP contribution in [-0.2, 0) is 11.2 Å². The molecule has 0 fully saturated rings. The summed E-state index contributed by atoms with van der Waals surface area (Å²) in [5.41, 5.74) is 0.865. The van der Waals surface area contributed by atoms with Gasteiger partial charge >= 0.3 is 5.97 Å². The van der Waals surface area contributed by atoms with Crippen LogP contribution >= 0.6 is 11.6 Å². The van der Waals surface area contributed by atoms with E-state index in [0.29, 0.717) is 16.1 Å². The van der Waals surface area contributed by atoms with Crippen molar-refractivity contribution in [3.8, 4) is 0 Å². The van der Waals surface area contributed by atoms with Gasteiger partial charge in [-0.25, -0.2) is 4.39 Å². The molecule has 0 amide bonds. The lowest BCUT2D eigenvalue weighted by atomic mass is 10.1. The van der Waals surface area contributed by atoms with Gasteiger partial charge in [-0.1, -0.05) is 11.6 Å². The van der Waals surface area contributed by atoms with E-state index >= 15 is 0 Å². The summed E-state index contributed by atoms with van der Waals surface area (Å²) < 4.78 is 12.8. The zero-order chi connectivity index (χ0) is 10.0. The molecule has 0 spiro atoms. The first-order chi connectivity index (χ1) is 6.00. The lowest BCUT2D eigenvalue weighted by Gasteiger charge is -2.04. The Morgan fingerprint density at radius 1 is 1.62 bits per heavy atom. The molecule has 0 aliphatic heterocycles. The van der Waals surface area contributed by atoms with E-state index in [1.54, 1.807) is 6.92 Å². The molecule has 0 saturated carbocycles. The zero-order valence-corrected chi connectivity index (χ0v) is 7.73. The molecule has 1 aromatic rings. The largest absolute Gasteiger partial charge is 0.481 e. The molecule has 1 aromatic carbocycles. The standard InChI is InChI=1S/C9H8ClFO2/c1-5-2-7(11)3-6(9(5)10)4-8(12)13/h2-3H,4H2,1H3,(H,12,13). The number of carboxylic acids is 1.